The zero-order valence-corrected chi connectivity index (χ0v) is 23.2. The molecule has 38 heavy (non-hydrogen) atoms. The molecule has 0 bridgehead atoms. The third-order valence-electron chi connectivity index (χ3n) is 8.80. The van der Waals surface area contributed by atoms with Gasteiger partial charge in [0.05, 0.1) is 12.1 Å². The minimum Gasteiger partial charge on any atom is -0.341 e. The molecule has 3 heterocycles. The molecule has 1 saturated carbocycles. The van der Waals surface area contributed by atoms with Crippen LogP contribution in [-0.4, -0.2) is 65.3 Å². The molecule has 1 aliphatic carbocycles. The molecule has 2 amide bonds. The number of hydrogen-bond acceptors (Lipinski definition) is 4. The highest BCUT2D eigenvalue weighted by Gasteiger charge is 2.46. The molecule has 1 aromatic heterocycles. The summed E-state index contributed by atoms with van der Waals surface area (Å²) in [4.78, 5) is 35.1. The van der Waals surface area contributed by atoms with E-state index in [0.717, 1.165) is 32.4 Å². The van der Waals surface area contributed by atoms with Crippen molar-refractivity contribution < 1.29 is 9.59 Å². The van der Waals surface area contributed by atoms with E-state index < -0.39 is 0 Å². The Morgan fingerprint density at radius 2 is 1.61 bits per heavy atom. The van der Waals surface area contributed by atoms with E-state index in [2.05, 4.69) is 78.7 Å². The summed E-state index contributed by atoms with van der Waals surface area (Å²) in [6, 6.07) is 21.1. The van der Waals surface area contributed by atoms with Gasteiger partial charge in [0.2, 0.25) is 11.8 Å². The smallest absolute Gasteiger partial charge is 0.239 e. The first-order valence-electron chi connectivity index (χ1n) is 14.0. The number of thiophene rings is 1. The quantitative estimate of drug-likeness (QED) is 0.455. The van der Waals surface area contributed by atoms with Crippen molar-refractivity contribution in [1.82, 2.24) is 14.7 Å². The Bertz CT molecular complexity index is 1300. The van der Waals surface area contributed by atoms with Crippen LogP contribution in [0.5, 0.6) is 0 Å². The highest BCUT2D eigenvalue weighted by Crippen LogP contribution is 2.48. The molecule has 4 atom stereocenters. The van der Waals surface area contributed by atoms with Crippen LogP contribution in [0.2, 0.25) is 0 Å². The van der Waals surface area contributed by atoms with E-state index in [1.165, 1.54) is 27.1 Å². The van der Waals surface area contributed by atoms with E-state index in [1.54, 1.807) is 0 Å². The van der Waals surface area contributed by atoms with Crippen molar-refractivity contribution >= 4 is 23.2 Å². The van der Waals surface area contributed by atoms with E-state index in [4.69, 9.17) is 0 Å². The van der Waals surface area contributed by atoms with Gasteiger partial charge in [-0.3, -0.25) is 14.5 Å². The minimum absolute atomic E-state index is 0.0972. The van der Waals surface area contributed by atoms with Gasteiger partial charge in [0.25, 0.3) is 0 Å². The van der Waals surface area contributed by atoms with Crippen molar-refractivity contribution in [2.45, 2.75) is 51.1 Å². The topological polar surface area (TPSA) is 43.9 Å². The maximum Gasteiger partial charge on any atom is 0.239 e. The predicted molar refractivity (Wildman–Crippen MR) is 152 cm³/mol. The fraction of sp³-hybridized carbons (Fsp3) is 0.438. The normalized spacial score (nSPS) is 24.4. The van der Waals surface area contributed by atoms with Crippen molar-refractivity contribution in [3.63, 3.8) is 0 Å². The zero-order chi connectivity index (χ0) is 26.2. The summed E-state index contributed by atoms with van der Waals surface area (Å²) in [5.74, 6) is 0.901. The molecule has 1 saturated heterocycles. The average molecular weight is 528 g/mol. The van der Waals surface area contributed by atoms with Crippen LogP contribution in [0.25, 0.3) is 0 Å². The van der Waals surface area contributed by atoms with Crippen LogP contribution in [0.3, 0.4) is 0 Å². The molecule has 3 aromatic rings. The van der Waals surface area contributed by atoms with Crippen LogP contribution >= 0.6 is 11.3 Å². The largest absolute Gasteiger partial charge is 0.341 e. The Labute approximate surface area is 230 Å². The van der Waals surface area contributed by atoms with Crippen molar-refractivity contribution in [2.75, 3.05) is 32.7 Å². The molecule has 2 aliphatic heterocycles. The fourth-order valence-electron chi connectivity index (χ4n) is 6.53. The number of hydrogen-bond donors (Lipinski definition) is 0. The van der Waals surface area contributed by atoms with Crippen molar-refractivity contribution in [3.8, 4) is 0 Å². The van der Waals surface area contributed by atoms with E-state index in [0.29, 0.717) is 25.6 Å². The lowest BCUT2D eigenvalue weighted by Crippen LogP contribution is -2.51. The summed E-state index contributed by atoms with van der Waals surface area (Å²) in [5.41, 5.74) is 5.17. The third kappa shape index (κ3) is 4.80. The second kappa shape index (κ2) is 10.7. The van der Waals surface area contributed by atoms with E-state index in [-0.39, 0.29) is 29.8 Å². The van der Waals surface area contributed by atoms with Gasteiger partial charge in [-0.2, -0.15) is 0 Å². The number of rotatable bonds is 5. The summed E-state index contributed by atoms with van der Waals surface area (Å²) >= 11 is 1.83. The fourth-order valence-corrected chi connectivity index (χ4v) is 7.43. The van der Waals surface area contributed by atoms with Gasteiger partial charge in [-0.05, 0) is 72.7 Å². The molecule has 5 nitrogen and oxygen atoms in total. The second-order valence-electron chi connectivity index (χ2n) is 11.1. The summed E-state index contributed by atoms with van der Waals surface area (Å²) < 4.78 is 0. The molecule has 198 valence electrons. The average Bonchev–Trinajstić information content (AvgIpc) is 3.67. The summed E-state index contributed by atoms with van der Waals surface area (Å²) in [6.07, 6.45) is 2.76. The first-order valence-corrected chi connectivity index (χ1v) is 14.9. The van der Waals surface area contributed by atoms with Gasteiger partial charge in [0, 0.05) is 43.5 Å². The molecule has 6 heteroatoms. The molecule has 0 N–H and O–H groups in total. The number of fused-ring (bicyclic) bond motifs is 1. The van der Waals surface area contributed by atoms with Gasteiger partial charge in [0.1, 0.15) is 0 Å². The number of carbonyl (C=O) groups excluding carboxylic acids is 2. The molecular formula is C32H37N3O2S. The van der Waals surface area contributed by atoms with Crippen LogP contribution in [0.4, 0.5) is 0 Å². The monoisotopic (exact) mass is 527 g/mol. The number of benzene rings is 2. The van der Waals surface area contributed by atoms with Gasteiger partial charge in [-0.25, -0.2) is 0 Å². The van der Waals surface area contributed by atoms with E-state index in [1.807, 2.05) is 27.2 Å². The third-order valence-corrected chi connectivity index (χ3v) is 9.79. The number of nitrogens with zero attached hydrogens (tertiary/aromatic N) is 3. The Hall–Kier alpha value is -2.96. The molecule has 2 aromatic carbocycles. The first kappa shape index (κ1) is 25.3. The van der Waals surface area contributed by atoms with Crippen LogP contribution in [0.15, 0.2) is 66.0 Å². The van der Waals surface area contributed by atoms with Crippen LogP contribution < -0.4 is 0 Å². The molecule has 3 aliphatic rings. The van der Waals surface area contributed by atoms with Gasteiger partial charge in [0.15, 0.2) is 0 Å². The highest BCUT2D eigenvalue weighted by atomic mass is 32.1. The molecular weight excluding hydrogens is 490 g/mol. The Kier molecular flexibility index (Phi) is 7.10. The van der Waals surface area contributed by atoms with Gasteiger partial charge in [-0.15, -0.1) is 11.3 Å². The number of carbonyl (C=O) groups is 2. The maximum absolute atomic E-state index is 13.9. The van der Waals surface area contributed by atoms with Gasteiger partial charge in [-0.1, -0.05) is 54.6 Å². The number of amides is 2. The van der Waals surface area contributed by atoms with Crippen molar-refractivity contribution in [1.29, 1.82) is 0 Å². The Balaban J connectivity index is 1.14. The summed E-state index contributed by atoms with van der Waals surface area (Å²) in [6.45, 7) is 7.82. The summed E-state index contributed by atoms with van der Waals surface area (Å²) in [7, 11) is 0. The lowest BCUT2D eigenvalue weighted by atomic mass is 9.89. The predicted octanol–water partition coefficient (Wildman–Crippen LogP) is 5.26. The maximum atomic E-state index is 13.9. The molecule has 0 spiro atoms. The standard InChI is InChI=1S/C32H37N3O2S/c1-22-9-6-7-12-25(22)30-26-14-20-38-29(26)13-17-35(30)23(2)31(36)33-15-8-16-34(19-18-33)32(37)28-21-27(28)24-10-4-3-5-11-24/h3-7,9-12,14,20,23,27-28,30H,8,13,15-19,21H2,1-2H3/t23-,27-,28+,30+/m0/s1. The molecule has 0 unspecified atom stereocenters. The highest BCUT2D eigenvalue weighted by molar-refractivity contribution is 7.10. The summed E-state index contributed by atoms with van der Waals surface area (Å²) in [5, 5.41) is 2.19. The zero-order valence-electron chi connectivity index (χ0n) is 22.4. The molecule has 2 fully saturated rings. The minimum atomic E-state index is -0.221. The van der Waals surface area contributed by atoms with Crippen LogP contribution in [0.1, 0.15) is 58.9 Å². The van der Waals surface area contributed by atoms with Crippen LogP contribution in [-0.2, 0) is 16.0 Å². The van der Waals surface area contributed by atoms with Crippen LogP contribution in [0, 0.1) is 12.8 Å². The van der Waals surface area contributed by atoms with Crippen molar-refractivity contribution in [2.24, 2.45) is 5.92 Å². The Morgan fingerprint density at radius 3 is 2.42 bits per heavy atom. The van der Waals surface area contributed by atoms with Gasteiger partial charge < -0.3 is 9.80 Å². The molecule has 0 radical (unpaired) electrons. The SMILES string of the molecule is Cc1ccccc1[C@@H]1c2ccsc2CCN1[C@@H](C)C(=O)N1CCCN(C(=O)[C@@H]2C[C@H]2c2ccccc2)CC1. The second-order valence-corrected chi connectivity index (χ2v) is 12.1. The van der Waals surface area contributed by atoms with E-state index in [9.17, 15) is 9.59 Å². The lowest BCUT2D eigenvalue weighted by Gasteiger charge is -2.41. The lowest BCUT2D eigenvalue weighted by molar-refractivity contribution is -0.138. The Morgan fingerprint density at radius 1 is 0.868 bits per heavy atom. The van der Waals surface area contributed by atoms with E-state index >= 15 is 0 Å². The first-order chi connectivity index (χ1) is 18.5. The van der Waals surface area contributed by atoms with Gasteiger partial charge >= 0.3 is 0 Å². The van der Waals surface area contributed by atoms with Crippen molar-refractivity contribution in [3.05, 3.63) is 93.2 Å². The number of aryl methyl sites for hydroxylation is 1. The molecule has 6 rings (SSSR count).